The number of rotatable bonds is 8. The van der Waals surface area contributed by atoms with Crippen molar-refractivity contribution >= 4 is 5.91 Å². The van der Waals surface area contributed by atoms with Crippen LogP contribution >= 0.6 is 0 Å². The van der Waals surface area contributed by atoms with E-state index >= 15 is 0 Å². The maximum atomic E-state index is 11.6. The summed E-state index contributed by atoms with van der Waals surface area (Å²) in [5.74, 6) is 1.70. The van der Waals surface area contributed by atoms with Crippen molar-refractivity contribution in [1.82, 2.24) is 20.2 Å². The fraction of sp³-hybridized carbons (Fsp3) is 0.714. The van der Waals surface area contributed by atoms with Crippen LogP contribution in [0.5, 0.6) is 0 Å². The van der Waals surface area contributed by atoms with Gasteiger partial charge in [-0.15, -0.1) is 0 Å². The summed E-state index contributed by atoms with van der Waals surface area (Å²) in [6.07, 6.45) is 4.20. The van der Waals surface area contributed by atoms with Crippen LogP contribution in [0, 0.1) is 5.92 Å². The molecule has 1 amide bonds. The van der Waals surface area contributed by atoms with Crippen LogP contribution in [0.1, 0.15) is 39.9 Å². The average Bonchev–Trinajstić information content (AvgIpc) is 2.72. The van der Waals surface area contributed by atoms with Gasteiger partial charge in [0, 0.05) is 31.4 Å². The number of hydrogen-bond acceptors (Lipinski definition) is 3. The van der Waals surface area contributed by atoms with Crippen LogP contribution in [0.2, 0.25) is 0 Å². The molecule has 108 valence electrons. The van der Waals surface area contributed by atoms with Gasteiger partial charge in [0.1, 0.15) is 5.82 Å². The highest BCUT2D eigenvalue weighted by Gasteiger charge is 2.07. The van der Waals surface area contributed by atoms with Crippen molar-refractivity contribution in [2.24, 2.45) is 5.92 Å². The molecule has 1 aromatic rings. The summed E-state index contributed by atoms with van der Waals surface area (Å²) in [6.45, 7) is 10.7. The van der Waals surface area contributed by atoms with Gasteiger partial charge in [-0.3, -0.25) is 4.79 Å². The highest BCUT2D eigenvalue weighted by atomic mass is 16.1. The highest BCUT2D eigenvalue weighted by Crippen LogP contribution is 2.00. The first-order valence-electron chi connectivity index (χ1n) is 6.99. The second-order valence-corrected chi connectivity index (χ2v) is 5.53. The van der Waals surface area contributed by atoms with Crippen molar-refractivity contribution in [3.05, 3.63) is 18.2 Å². The molecule has 5 heteroatoms. The van der Waals surface area contributed by atoms with Crippen LogP contribution in [0.3, 0.4) is 0 Å². The molecule has 0 unspecified atom stereocenters. The molecule has 1 heterocycles. The number of carbonyl (C=O) groups is 1. The molecule has 19 heavy (non-hydrogen) atoms. The number of nitrogens with zero attached hydrogens (tertiary/aromatic N) is 2. The predicted octanol–water partition coefficient (Wildman–Crippen LogP) is 1.54. The first-order chi connectivity index (χ1) is 8.99. The minimum absolute atomic E-state index is 0.0878. The van der Waals surface area contributed by atoms with Crippen LogP contribution in [-0.2, 0) is 17.9 Å². The van der Waals surface area contributed by atoms with Crippen LogP contribution in [-0.4, -0.2) is 28.0 Å². The molecule has 0 bridgehead atoms. The third kappa shape index (κ3) is 6.38. The van der Waals surface area contributed by atoms with E-state index in [2.05, 4.69) is 29.5 Å². The van der Waals surface area contributed by atoms with Gasteiger partial charge in [-0.05, 0) is 26.3 Å². The Bertz CT molecular complexity index is 385. The van der Waals surface area contributed by atoms with Crippen molar-refractivity contribution in [3.63, 3.8) is 0 Å². The Kier molecular flexibility index (Phi) is 6.56. The number of carbonyl (C=O) groups excluding carboxylic acids is 1. The molecule has 0 saturated heterocycles. The number of aryl methyl sites for hydroxylation is 1. The predicted molar refractivity (Wildman–Crippen MR) is 76.7 cm³/mol. The average molecular weight is 266 g/mol. The van der Waals surface area contributed by atoms with Crippen LogP contribution in [0.25, 0.3) is 0 Å². The third-order valence-electron chi connectivity index (χ3n) is 2.67. The molecule has 0 fully saturated rings. The van der Waals surface area contributed by atoms with Gasteiger partial charge in [-0.1, -0.05) is 13.8 Å². The van der Waals surface area contributed by atoms with Crippen molar-refractivity contribution in [2.45, 2.75) is 53.2 Å². The third-order valence-corrected chi connectivity index (χ3v) is 2.67. The standard InChI is InChI=1S/C14H26N4O/c1-11(2)9-15-10-13-16-6-8-18(13)7-5-14(19)17-12(3)4/h6,8,11-12,15H,5,7,9-10H2,1-4H3,(H,17,19). The lowest BCUT2D eigenvalue weighted by atomic mass is 10.2. The normalized spacial score (nSPS) is 11.3. The Morgan fingerprint density at radius 2 is 2.11 bits per heavy atom. The monoisotopic (exact) mass is 266 g/mol. The lowest BCUT2D eigenvalue weighted by molar-refractivity contribution is -0.121. The van der Waals surface area contributed by atoms with Crippen molar-refractivity contribution in [1.29, 1.82) is 0 Å². The summed E-state index contributed by atoms with van der Waals surface area (Å²) in [6, 6.07) is 0.197. The molecule has 5 nitrogen and oxygen atoms in total. The molecular weight excluding hydrogens is 240 g/mol. The Morgan fingerprint density at radius 1 is 1.37 bits per heavy atom. The zero-order valence-electron chi connectivity index (χ0n) is 12.4. The molecule has 0 aromatic carbocycles. The van der Waals surface area contributed by atoms with E-state index in [4.69, 9.17) is 0 Å². The molecule has 2 N–H and O–H groups in total. The fourth-order valence-corrected chi connectivity index (χ4v) is 1.80. The molecule has 0 radical (unpaired) electrons. The fourth-order valence-electron chi connectivity index (χ4n) is 1.80. The van der Waals surface area contributed by atoms with Gasteiger partial charge in [0.2, 0.25) is 5.91 Å². The number of imidazole rings is 1. The van der Waals surface area contributed by atoms with E-state index in [9.17, 15) is 4.79 Å². The van der Waals surface area contributed by atoms with Gasteiger partial charge < -0.3 is 15.2 Å². The van der Waals surface area contributed by atoms with E-state index < -0.39 is 0 Å². The van der Waals surface area contributed by atoms with Crippen LogP contribution in [0.4, 0.5) is 0 Å². The second kappa shape index (κ2) is 7.94. The van der Waals surface area contributed by atoms with Gasteiger partial charge in [0.15, 0.2) is 0 Å². The van der Waals surface area contributed by atoms with Gasteiger partial charge in [0.25, 0.3) is 0 Å². The van der Waals surface area contributed by atoms with E-state index in [0.29, 0.717) is 18.9 Å². The van der Waals surface area contributed by atoms with E-state index in [1.165, 1.54) is 0 Å². The van der Waals surface area contributed by atoms with Crippen LogP contribution < -0.4 is 10.6 Å². The van der Waals surface area contributed by atoms with Crippen LogP contribution in [0.15, 0.2) is 12.4 Å². The van der Waals surface area contributed by atoms with E-state index in [1.54, 1.807) is 6.20 Å². The smallest absolute Gasteiger partial charge is 0.221 e. The first-order valence-corrected chi connectivity index (χ1v) is 6.99. The largest absolute Gasteiger partial charge is 0.354 e. The molecule has 1 aromatic heterocycles. The van der Waals surface area contributed by atoms with E-state index in [1.807, 2.05) is 24.6 Å². The molecule has 0 spiro atoms. The molecule has 1 rings (SSSR count). The maximum Gasteiger partial charge on any atom is 0.221 e. The van der Waals surface area contributed by atoms with Gasteiger partial charge >= 0.3 is 0 Å². The van der Waals surface area contributed by atoms with Crippen molar-refractivity contribution in [3.8, 4) is 0 Å². The van der Waals surface area contributed by atoms with E-state index in [-0.39, 0.29) is 11.9 Å². The molecule has 0 saturated carbocycles. The molecule has 0 aliphatic rings. The minimum Gasteiger partial charge on any atom is -0.354 e. The quantitative estimate of drug-likeness (QED) is 0.750. The zero-order chi connectivity index (χ0) is 14.3. The Balaban J connectivity index is 2.38. The number of aromatic nitrogens is 2. The van der Waals surface area contributed by atoms with Gasteiger partial charge in [-0.2, -0.15) is 0 Å². The summed E-state index contributed by atoms with van der Waals surface area (Å²) in [5, 5.41) is 6.26. The molecular formula is C14H26N4O. The summed E-state index contributed by atoms with van der Waals surface area (Å²) < 4.78 is 2.03. The topological polar surface area (TPSA) is 59.0 Å². The number of amides is 1. The highest BCUT2D eigenvalue weighted by molar-refractivity contribution is 5.76. The number of hydrogen-bond donors (Lipinski definition) is 2. The SMILES string of the molecule is CC(C)CNCc1nccn1CCC(=O)NC(C)C. The number of nitrogens with one attached hydrogen (secondary N) is 2. The van der Waals surface area contributed by atoms with Crippen molar-refractivity contribution in [2.75, 3.05) is 6.54 Å². The summed E-state index contributed by atoms with van der Waals surface area (Å²) in [4.78, 5) is 15.9. The summed E-state index contributed by atoms with van der Waals surface area (Å²) >= 11 is 0. The minimum atomic E-state index is 0.0878. The van der Waals surface area contributed by atoms with Gasteiger partial charge in [0.05, 0.1) is 6.54 Å². The zero-order valence-corrected chi connectivity index (χ0v) is 12.4. The Morgan fingerprint density at radius 3 is 2.74 bits per heavy atom. The molecule has 0 atom stereocenters. The van der Waals surface area contributed by atoms with E-state index in [0.717, 1.165) is 18.9 Å². The molecule has 0 aliphatic heterocycles. The van der Waals surface area contributed by atoms with Crippen molar-refractivity contribution < 1.29 is 4.79 Å². The first kappa shape index (κ1) is 15.7. The Labute approximate surface area is 115 Å². The summed E-state index contributed by atoms with van der Waals surface area (Å²) in [7, 11) is 0. The maximum absolute atomic E-state index is 11.6. The second-order valence-electron chi connectivity index (χ2n) is 5.53. The Hall–Kier alpha value is -1.36. The lowest BCUT2D eigenvalue weighted by Crippen LogP contribution is -2.31. The lowest BCUT2D eigenvalue weighted by Gasteiger charge is -2.11. The molecule has 0 aliphatic carbocycles. The van der Waals surface area contributed by atoms with Gasteiger partial charge in [-0.25, -0.2) is 4.98 Å². The summed E-state index contributed by atoms with van der Waals surface area (Å²) in [5.41, 5.74) is 0.